The van der Waals surface area contributed by atoms with Gasteiger partial charge in [0.05, 0.1) is 5.41 Å². The normalized spacial score (nSPS) is 20.7. The van der Waals surface area contributed by atoms with E-state index in [0.29, 0.717) is 5.92 Å². The second kappa shape index (κ2) is 8.53. The molecule has 0 saturated carbocycles. The van der Waals surface area contributed by atoms with E-state index in [-0.39, 0.29) is 5.41 Å². The van der Waals surface area contributed by atoms with Gasteiger partial charge >= 0.3 is 0 Å². The lowest BCUT2D eigenvalue weighted by molar-refractivity contribution is -0.434. The van der Waals surface area contributed by atoms with E-state index in [2.05, 4.69) is 98.2 Å². The van der Waals surface area contributed by atoms with Crippen molar-refractivity contribution in [3.63, 3.8) is 0 Å². The summed E-state index contributed by atoms with van der Waals surface area (Å²) in [6, 6.07) is 18.2. The van der Waals surface area contributed by atoms with Crippen LogP contribution in [0.3, 0.4) is 0 Å². The second-order valence-electron chi connectivity index (χ2n) is 8.77. The average molecular weight is 385 g/mol. The summed E-state index contributed by atoms with van der Waals surface area (Å²) in [5, 5.41) is 0. The van der Waals surface area contributed by atoms with Crippen LogP contribution in [0.1, 0.15) is 56.2 Å². The van der Waals surface area contributed by atoms with E-state index < -0.39 is 0 Å². The van der Waals surface area contributed by atoms with Crippen LogP contribution in [0.25, 0.3) is 0 Å². The van der Waals surface area contributed by atoms with Crippen LogP contribution in [-0.2, 0) is 11.8 Å². The van der Waals surface area contributed by atoms with Gasteiger partial charge in [0.2, 0.25) is 5.69 Å². The maximum absolute atomic E-state index is 2.56. The third-order valence-electron chi connectivity index (χ3n) is 6.94. The van der Waals surface area contributed by atoms with Gasteiger partial charge in [0.15, 0.2) is 5.71 Å². The van der Waals surface area contributed by atoms with Crippen molar-refractivity contribution in [1.82, 2.24) is 0 Å². The molecular formula is C28H34N+. The first-order chi connectivity index (χ1) is 14.1. The summed E-state index contributed by atoms with van der Waals surface area (Å²) in [5.41, 5.74) is 7.42. The number of unbranched alkanes of at least 4 members (excludes halogenated alkanes) is 1. The molecule has 1 aliphatic carbocycles. The zero-order valence-electron chi connectivity index (χ0n) is 18.2. The molecule has 0 radical (unpaired) electrons. The Bertz CT molecular complexity index is 936. The zero-order valence-corrected chi connectivity index (χ0v) is 18.2. The number of hydrogen-bond acceptors (Lipinski definition) is 0. The van der Waals surface area contributed by atoms with E-state index in [1.807, 2.05) is 0 Å². The molecule has 2 aromatic carbocycles. The van der Waals surface area contributed by atoms with Crippen molar-refractivity contribution in [2.24, 2.45) is 5.92 Å². The van der Waals surface area contributed by atoms with Gasteiger partial charge in [0.1, 0.15) is 6.54 Å². The predicted octanol–water partition coefficient (Wildman–Crippen LogP) is 6.92. The van der Waals surface area contributed by atoms with Gasteiger partial charge in [-0.05, 0) is 50.7 Å². The van der Waals surface area contributed by atoms with Crippen molar-refractivity contribution in [2.75, 3.05) is 6.54 Å². The molecular weight excluding hydrogens is 350 g/mol. The average Bonchev–Trinajstić information content (AvgIpc) is 3.32. The number of fused-ring (bicyclic) bond motifs is 1. The highest BCUT2D eigenvalue weighted by atomic mass is 15.1. The quantitative estimate of drug-likeness (QED) is 0.343. The lowest BCUT2D eigenvalue weighted by Crippen LogP contribution is -2.36. The van der Waals surface area contributed by atoms with Crippen LogP contribution in [0.5, 0.6) is 0 Å². The monoisotopic (exact) mass is 384 g/mol. The van der Waals surface area contributed by atoms with Crippen molar-refractivity contribution in [1.29, 1.82) is 0 Å². The number of hydrogen-bond donors (Lipinski definition) is 0. The minimum atomic E-state index is 0.111. The molecule has 29 heavy (non-hydrogen) atoms. The number of benzene rings is 2. The zero-order chi connectivity index (χ0) is 20.3. The first-order valence-electron chi connectivity index (χ1n) is 11.3. The molecule has 1 unspecified atom stereocenters. The largest absolute Gasteiger partial charge is 0.209 e. The molecule has 1 atom stereocenters. The Morgan fingerprint density at radius 1 is 0.931 bits per heavy atom. The smallest absolute Gasteiger partial charge is 0.199 e. The fourth-order valence-corrected chi connectivity index (χ4v) is 5.36. The SMILES string of the molecule is CC[N+]1=C(C)C(CCCCC2C=CC=C2)(Cc2ccccc2)c2cc(C)ccc21. The molecule has 0 aromatic heterocycles. The van der Waals surface area contributed by atoms with E-state index in [9.17, 15) is 0 Å². The Hall–Kier alpha value is -2.41. The second-order valence-corrected chi connectivity index (χ2v) is 8.77. The van der Waals surface area contributed by atoms with Crippen LogP contribution >= 0.6 is 0 Å². The Labute approximate surface area is 176 Å². The van der Waals surface area contributed by atoms with E-state index in [4.69, 9.17) is 0 Å². The minimum Gasteiger partial charge on any atom is -0.199 e. The van der Waals surface area contributed by atoms with Gasteiger partial charge < -0.3 is 0 Å². The van der Waals surface area contributed by atoms with Gasteiger partial charge in [-0.15, -0.1) is 0 Å². The van der Waals surface area contributed by atoms with E-state index in [0.717, 1.165) is 13.0 Å². The summed E-state index contributed by atoms with van der Waals surface area (Å²) < 4.78 is 2.56. The predicted molar refractivity (Wildman–Crippen MR) is 124 cm³/mol. The topological polar surface area (TPSA) is 3.01 Å². The summed E-state index contributed by atoms with van der Waals surface area (Å²) >= 11 is 0. The van der Waals surface area contributed by atoms with Crippen LogP contribution in [0.2, 0.25) is 0 Å². The van der Waals surface area contributed by atoms with Crippen molar-refractivity contribution in [3.8, 4) is 0 Å². The maximum atomic E-state index is 2.56. The van der Waals surface area contributed by atoms with E-state index in [1.54, 1.807) is 5.56 Å². The Balaban J connectivity index is 1.66. The van der Waals surface area contributed by atoms with Gasteiger partial charge in [0, 0.05) is 18.6 Å². The summed E-state index contributed by atoms with van der Waals surface area (Å²) in [4.78, 5) is 0. The van der Waals surface area contributed by atoms with Crippen molar-refractivity contribution in [2.45, 2.75) is 58.3 Å². The Morgan fingerprint density at radius 2 is 1.69 bits per heavy atom. The highest BCUT2D eigenvalue weighted by Crippen LogP contribution is 2.46. The molecule has 0 spiro atoms. The molecule has 0 fully saturated rings. The number of aryl methyl sites for hydroxylation is 1. The van der Waals surface area contributed by atoms with Crippen LogP contribution in [-0.4, -0.2) is 16.8 Å². The molecule has 0 bridgehead atoms. The molecule has 2 aliphatic rings. The van der Waals surface area contributed by atoms with Crippen molar-refractivity contribution < 1.29 is 4.58 Å². The highest BCUT2D eigenvalue weighted by Gasteiger charge is 2.49. The summed E-state index contributed by atoms with van der Waals surface area (Å²) in [6.45, 7) is 7.93. The third-order valence-corrected chi connectivity index (χ3v) is 6.94. The number of allylic oxidation sites excluding steroid dienone is 4. The number of rotatable bonds is 8. The fraction of sp³-hybridized carbons (Fsp3) is 0.393. The summed E-state index contributed by atoms with van der Waals surface area (Å²) in [7, 11) is 0. The summed E-state index contributed by atoms with van der Waals surface area (Å²) in [5.74, 6) is 0.649. The number of nitrogens with zero attached hydrogens (tertiary/aromatic N) is 1. The molecule has 1 nitrogen and oxygen atoms in total. The highest BCUT2D eigenvalue weighted by molar-refractivity contribution is 5.94. The van der Waals surface area contributed by atoms with Crippen LogP contribution < -0.4 is 0 Å². The molecule has 150 valence electrons. The minimum absolute atomic E-state index is 0.111. The first kappa shape index (κ1) is 19.9. The lowest BCUT2D eigenvalue weighted by Gasteiger charge is -2.28. The Kier molecular flexibility index (Phi) is 5.85. The standard InChI is InChI=1S/C28H34N/c1-4-29-23(3)28(21-25-15-6-5-7-16-25,26-20-22(2)17-18-27(26)29)19-11-10-14-24-12-8-9-13-24/h5-9,12-13,15-18,20,24H,4,10-11,14,19,21H2,1-3H3/q+1. The fourth-order valence-electron chi connectivity index (χ4n) is 5.36. The van der Waals surface area contributed by atoms with Crippen molar-refractivity contribution in [3.05, 3.63) is 89.5 Å². The van der Waals surface area contributed by atoms with Crippen LogP contribution in [0.15, 0.2) is 72.8 Å². The molecule has 2 aromatic rings. The van der Waals surface area contributed by atoms with Gasteiger partial charge in [-0.3, -0.25) is 0 Å². The Morgan fingerprint density at radius 3 is 2.41 bits per heavy atom. The molecule has 0 N–H and O–H groups in total. The molecule has 4 rings (SSSR count). The van der Waals surface area contributed by atoms with Gasteiger partial charge in [-0.2, -0.15) is 4.58 Å². The molecule has 0 amide bonds. The van der Waals surface area contributed by atoms with E-state index in [1.165, 1.54) is 48.2 Å². The lowest BCUT2D eigenvalue weighted by atomic mass is 9.69. The van der Waals surface area contributed by atoms with Crippen LogP contribution in [0, 0.1) is 12.8 Å². The van der Waals surface area contributed by atoms with Gasteiger partial charge in [-0.1, -0.05) is 79.1 Å². The summed E-state index contributed by atoms with van der Waals surface area (Å²) in [6.07, 6.45) is 15.2. The first-order valence-corrected chi connectivity index (χ1v) is 11.3. The maximum Gasteiger partial charge on any atom is 0.209 e. The van der Waals surface area contributed by atoms with Gasteiger partial charge in [-0.25, -0.2) is 0 Å². The molecule has 0 saturated heterocycles. The van der Waals surface area contributed by atoms with Crippen molar-refractivity contribution >= 4 is 11.4 Å². The van der Waals surface area contributed by atoms with Crippen LogP contribution in [0.4, 0.5) is 5.69 Å². The molecule has 1 aliphatic heterocycles. The molecule has 1 heterocycles. The van der Waals surface area contributed by atoms with Gasteiger partial charge in [0.25, 0.3) is 0 Å². The molecule has 1 heteroatoms. The third kappa shape index (κ3) is 3.88. The van der Waals surface area contributed by atoms with E-state index >= 15 is 0 Å².